The number of rotatable bonds is 14. The molecule has 12 heteroatoms. The Morgan fingerprint density at radius 3 is 2.40 bits per heavy atom. The van der Waals surface area contributed by atoms with Crippen LogP contribution in [0.4, 0.5) is 4.39 Å². The van der Waals surface area contributed by atoms with E-state index in [0.29, 0.717) is 30.0 Å². The number of aromatic nitrogens is 1. The molecule has 1 fully saturated rings. The lowest BCUT2D eigenvalue weighted by atomic mass is 9.95. The van der Waals surface area contributed by atoms with Gasteiger partial charge in [-0.25, -0.2) is 23.6 Å². The second kappa shape index (κ2) is 15.1. The number of allylic oxidation sites excluding steroid dienone is 1. The minimum atomic E-state index is -0.942. The number of carbonyl (C=O) groups is 1. The predicted octanol–water partition coefficient (Wildman–Crippen LogP) is 1.57. The number of hydrogen-bond acceptors (Lipinski definition) is 10. The first-order valence-electron chi connectivity index (χ1n) is 13.4. The van der Waals surface area contributed by atoms with E-state index in [2.05, 4.69) is 26.4 Å². The molecule has 0 radical (unpaired) electrons. The standard InChI is InChI=1S/C30H32FN5O6/c1-18(2)29(35-30(41)25-12-19(3)42-36-25)28(17-40)34-24(13-20-4-6-22(31)7-5-20)27(16-39)33-23(9-11-37)14-21-8-10-32-26(21)15-38/h4-7,9,12,18,21,23-24,29,32-34H,8,10,13-14H2,1-3H3,(H,35,41)/t21-,23?,24?,29?/m0/s1. The van der Waals surface area contributed by atoms with E-state index in [1.165, 1.54) is 36.4 Å². The van der Waals surface area contributed by atoms with Crippen molar-refractivity contribution in [2.45, 2.75) is 58.2 Å². The van der Waals surface area contributed by atoms with E-state index in [1.54, 1.807) is 26.7 Å². The summed E-state index contributed by atoms with van der Waals surface area (Å²) in [6, 6.07) is 4.49. The fourth-order valence-electron chi connectivity index (χ4n) is 4.70. The van der Waals surface area contributed by atoms with Gasteiger partial charge >= 0.3 is 0 Å². The normalized spacial score (nSPS) is 16.0. The van der Waals surface area contributed by atoms with Gasteiger partial charge in [0.15, 0.2) is 5.69 Å². The third-order valence-corrected chi connectivity index (χ3v) is 6.85. The van der Waals surface area contributed by atoms with Crippen molar-refractivity contribution in [3.05, 3.63) is 76.3 Å². The molecule has 3 rings (SSSR count). The molecule has 2 heterocycles. The summed E-state index contributed by atoms with van der Waals surface area (Å²) in [7, 11) is 0. The minimum Gasteiger partial charge on any atom is -0.379 e. The quantitative estimate of drug-likeness (QED) is 0.243. The highest BCUT2D eigenvalue weighted by molar-refractivity contribution is 5.92. The lowest BCUT2D eigenvalue weighted by molar-refractivity contribution is 0.0923. The molecule has 0 saturated carbocycles. The molecule has 1 aliphatic rings. The van der Waals surface area contributed by atoms with E-state index in [4.69, 9.17) is 4.52 Å². The Balaban J connectivity index is 1.90. The zero-order chi connectivity index (χ0) is 30.6. The maximum absolute atomic E-state index is 13.6. The summed E-state index contributed by atoms with van der Waals surface area (Å²) in [5.74, 6) is 6.16. The molecule has 0 bridgehead atoms. The van der Waals surface area contributed by atoms with Gasteiger partial charge in [-0.3, -0.25) is 4.79 Å². The highest BCUT2D eigenvalue weighted by Gasteiger charge is 2.30. The summed E-state index contributed by atoms with van der Waals surface area (Å²) in [6.45, 7) is 5.76. The molecule has 0 spiro atoms. The summed E-state index contributed by atoms with van der Waals surface area (Å²) in [6.07, 6.45) is 2.19. The van der Waals surface area contributed by atoms with Crippen molar-refractivity contribution in [3.63, 3.8) is 0 Å². The number of carbonyl (C=O) groups excluding carboxylic acids is 5. The van der Waals surface area contributed by atoms with Crippen LogP contribution in [0.3, 0.4) is 0 Å². The van der Waals surface area contributed by atoms with Crippen LogP contribution < -0.4 is 21.3 Å². The van der Waals surface area contributed by atoms with Gasteiger partial charge < -0.3 is 25.8 Å². The van der Waals surface area contributed by atoms with Crippen molar-refractivity contribution in [3.8, 4) is 0 Å². The number of nitrogens with zero attached hydrogens (tertiary/aromatic N) is 1. The Labute approximate surface area is 242 Å². The lowest BCUT2D eigenvalue weighted by Gasteiger charge is -2.29. The Morgan fingerprint density at radius 1 is 1.12 bits per heavy atom. The van der Waals surface area contributed by atoms with Crippen LogP contribution in [0.15, 0.2) is 58.0 Å². The van der Waals surface area contributed by atoms with E-state index in [9.17, 15) is 28.4 Å². The predicted molar refractivity (Wildman–Crippen MR) is 150 cm³/mol. The average molecular weight is 578 g/mol. The second-order valence-electron chi connectivity index (χ2n) is 10.3. The van der Waals surface area contributed by atoms with Gasteiger partial charge in [0.25, 0.3) is 5.91 Å². The highest BCUT2D eigenvalue weighted by atomic mass is 19.1. The maximum Gasteiger partial charge on any atom is 0.274 e. The number of aryl methyl sites for hydroxylation is 1. The van der Waals surface area contributed by atoms with Crippen molar-refractivity contribution in [1.29, 1.82) is 0 Å². The lowest BCUT2D eigenvalue weighted by Crippen LogP contribution is -2.49. The molecule has 11 nitrogen and oxygen atoms in total. The van der Waals surface area contributed by atoms with Crippen LogP contribution in [0, 0.1) is 24.6 Å². The summed E-state index contributed by atoms with van der Waals surface area (Å²) >= 11 is 0. The third kappa shape index (κ3) is 8.51. The highest BCUT2D eigenvalue weighted by Crippen LogP contribution is 2.23. The van der Waals surface area contributed by atoms with Crippen LogP contribution in [0.1, 0.15) is 48.5 Å². The van der Waals surface area contributed by atoms with Crippen LogP contribution in [0.2, 0.25) is 0 Å². The van der Waals surface area contributed by atoms with Gasteiger partial charge in [0.1, 0.15) is 46.7 Å². The van der Waals surface area contributed by atoms with E-state index in [0.717, 1.165) is 0 Å². The van der Waals surface area contributed by atoms with E-state index in [-0.39, 0.29) is 41.8 Å². The number of hydrogen-bond donors (Lipinski definition) is 4. The second-order valence-corrected chi connectivity index (χ2v) is 10.3. The number of amides is 1. The van der Waals surface area contributed by atoms with Crippen LogP contribution in [-0.2, 0) is 25.6 Å². The molecule has 1 aromatic heterocycles. The molecule has 220 valence electrons. The molecular formula is C30H32FN5O6. The first-order chi connectivity index (χ1) is 20.2. The summed E-state index contributed by atoms with van der Waals surface area (Å²) in [4.78, 5) is 60.0. The molecule has 42 heavy (non-hydrogen) atoms. The van der Waals surface area contributed by atoms with E-state index in [1.807, 2.05) is 17.8 Å². The van der Waals surface area contributed by atoms with Crippen molar-refractivity contribution in [1.82, 2.24) is 26.4 Å². The Morgan fingerprint density at radius 2 is 1.83 bits per heavy atom. The van der Waals surface area contributed by atoms with Crippen LogP contribution in [0.5, 0.6) is 0 Å². The minimum absolute atomic E-state index is 0.0232. The molecule has 0 aliphatic carbocycles. The van der Waals surface area contributed by atoms with Crippen LogP contribution in [0.25, 0.3) is 0 Å². The van der Waals surface area contributed by atoms with E-state index < -0.39 is 29.8 Å². The third-order valence-electron chi connectivity index (χ3n) is 6.85. The molecule has 3 unspecified atom stereocenters. The smallest absolute Gasteiger partial charge is 0.274 e. The van der Waals surface area contributed by atoms with Gasteiger partial charge in [-0.05, 0) is 49.8 Å². The van der Waals surface area contributed by atoms with Gasteiger partial charge in [-0.15, -0.1) is 0 Å². The summed E-state index contributed by atoms with van der Waals surface area (Å²) < 4.78 is 18.6. The van der Waals surface area contributed by atoms with Gasteiger partial charge in [-0.1, -0.05) is 31.1 Å². The molecule has 4 N–H and O–H groups in total. The van der Waals surface area contributed by atoms with E-state index >= 15 is 0 Å². The zero-order valence-electron chi connectivity index (χ0n) is 23.5. The fourth-order valence-corrected chi connectivity index (χ4v) is 4.70. The van der Waals surface area contributed by atoms with Gasteiger partial charge in [0.2, 0.25) is 0 Å². The van der Waals surface area contributed by atoms with Crippen molar-refractivity contribution >= 4 is 29.7 Å². The molecule has 1 saturated heterocycles. The monoisotopic (exact) mass is 577 g/mol. The molecule has 1 amide bonds. The average Bonchev–Trinajstić information content (AvgIpc) is 3.62. The fraction of sp³-hybridized carbons (Fsp3) is 0.400. The molecule has 4 atom stereocenters. The molecule has 1 aliphatic heterocycles. The van der Waals surface area contributed by atoms with Crippen molar-refractivity contribution < 1.29 is 32.9 Å². The number of halogens is 1. The van der Waals surface area contributed by atoms with Crippen molar-refractivity contribution in [2.75, 3.05) is 6.54 Å². The zero-order valence-corrected chi connectivity index (χ0v) is 23.5. The van der Waals surface area contributed by atoms with Crippen LogP contribution >= 0.6 is 0 Å². The van der Waals surface area contributed by atoms with Gasteiger partial charge in [0, 0.05) is 24.6 Å². The Bertz CT molecular complexity index is 1460. The van der Waals surface area contributed by atoms with Gasteiger partial charge in [0.05, 0.1) is 23.8 Å². The Kier molecular flexibility index (Phi) is 11.4. The molecular weight excluding hydrogens is 545 g/mol. The topological polar surface area (TPSA) is 160 Å². The molecule has 1 aromatic carbocycles. The van der Waals surface area contributed by atoms with Crippen LogP contribution in [-0.4, -0.2) is 59.5 Å². The molecule has 2 aromatic rings. The van der Waals surface area contributed by atoms with Crippen molar-refractivity contribution in [2.24, 2.45) is 11.8 Å². The first kappa shape index (κ1) is 31.6. The summed E-state index contributed by atoms with van der Waals surface area (Å²) in [5, 5.41) is 15.4. The Hall–Kier alpha value is -4.97. The van der Waals surface area contributed by atoms with Gasteiger partial charge in [-0.2, -0.15) is 0 Å². The summed E-state index contributed by atoms with van der Waals surface area (Å²) in [5.41, 5.74) is 0.907. The first-order valence-corrected chi connectivity index (χ1v) is 13.4. The number of nitrogens with one attached hydrogen (secondary N) is 4. The maximum atomic E-state index is 13.6. The largest absolute Gasteiger partial charge is 0.379 e. The SMILES string of the molecule is Cc1cc(C(=O)NC(C(=C=O)NC(Cc2ccc(F)cc2)C(=C=O)NC(C=C=O)C[C@@H]2CCNC2=C=O)C(C)C)no1. The number of benzene rings is 1.